The van der Waals surface area contributed by atoms with E-state index in [1.807, 2.05) is 12.1 Å². The van der Waals surface area contributed by atoms with Crippen molar-refractivity contribution in [3.8, 4) is 6.07 Å². The standard InChI is InChI=1S/C14H10F2N2/c15-11-6-7-13(12(16)8-11)18-14(9-17)10-4-2-1-3-5-10/h1-8,14,18H/t14-/m1/s1. The molecule has 2 aromatic carbocycles. The van der Waals surface area contributed by atoms with E-state index in [9.17, 15) is 8.78 Å². The molecule has 0 amide bonds. The van der Waals surface area contributed by atoms with Crippen LogP contribution in [0.5, 0.6) is 0 Å². The quantitative estimate of drug-likeness (QED) is 0.894. The van der Waals surface area contributed by atoms with E-state index in [4.69, 9.17) is 5.26 Å². The van der Waals surface area contributed by atoms with Crippen molar-refractivity contribution < 1.29 is 8.78 Å². The predicted molar refractivity (Wildman–Crippen MR) is 64.8 cm³/mol. The Morgan fingerprint density at radius 1 is 1.06 bits per heavy atom. The van der Waals surface area contributed by atoms with Crippen LogP contribution in [0, 0.1) is 23.0 Å². The van der Waals surface area contributed by atoms with Crippen LogP contribution in [0.15, 0.2) is 48.5 Å². The van der Waals surface area contributed by atoms with Crippen molar-refractivity contribution in [3.05, 3.63) is 65.7 Å². The molecule has 0 saturated heterocycles. The normalized spacial score (nSPS) is 11.6. The Morgan fingerprint density at radius 2 is 1.78 bits per heavy atom. The van der Waals surface area contributed by atoms with Crippen LogP contribution in [-0.4, -0.2) is 0 Å². The molecule has 1 N–H and O–H groups in total. The number of hydrogen-bond donors (Lipinski definition) is 1. The van der Waals surface area contributed by atoms with Gasteiger partial charge >= 0.3 is 0 Å². The zero-order valence-corrected chi connectivity index (χ0v) is 9.40. The maximum absolute atomic E-state index is 13.5. The molecule has 18 heavy (non-hydrogen) atoms. The summed E-state index contributed by atoms with van der Waals surface area (Å²) >= 11 is 0. The molecule has 0 aromatic heterocycles. The number of halogens is 2. The van der Waals surface area contributed by atoms with E-state index in [1.165, 1.54) is 6.07 Å². The molecular weight excluding hydrogens is 234 g/mol. The van der Waals surface area contributed by atoms with Crippen LogP contribution in [-0.2, 0) is 0 Å². The topological polar surface area (TPSA) is 35.8 Å². The molecule has 4 heteroatoms. The SMILES string of the molecule is N#C[C@@H](Nc1ccc(F)cc1F)c1ccccc1. The van der Waals surface area contributed by atoms with Gasteiger partial charge in [-0.2, -0.15) is 5.26 Å². The maximum atomic E-state index is 13.5. The molecule has 0 fully saturated rings. The minimum absolute atomic E-state index is 0.104. The number of anilines is 1. The third-order valence-corrected chi connectivity index (χ3v) is 2.49. The van der Waals surface area contributed by atoms with Crippen LogP contribution in [0.2, 0.25) is 0 Å². The Balaban J connectivity index is 2.24. The third kappa shape index (κ3) is 2.64. The van der Waals surface area contributed by atoms with Crippen LogP contribution in [0.25, 0.3) is 0 Å². The summed E-state index contributed by atoms with van der Waals surface area (Å²) in [6, 6.07) is 13.5. The van der Waals surface area contributed by atoms with Gasteiger partial charge in [-0.1, -0.05) is 30.3 Å². The van der Waals surface area contributed by atoms with Gasteiger partial charge in [0, 0.05) is 6.07 Å². The molecule has 90 valence electrons. The van der Waals surface area contributed by atoms with Gasteiger partial charge in [-0.25, -0.2) is 8.78 Å². The molecule has 0 spiro atoms. The molecule has 0 saturated carbocycles. The molecule has 0 aliphatic rings. The molecule has 1 atom stereocenters. The van der Waals surface area contributed by atoms with Gasteiger partial charge in [0.15, 0.2) is 0 Å². The first-order valence-corrected chi connectivity index (χ1v) is 5.37. The van der Waals surface area contributed by atoms with E-state index in [0.717, 1.165) is 17.7 Å². The number of nitriles is 1. The lowest BCUT2D eigenvalue weighted by atomic mass is 10.1. The average Bonchev–Trinajstić information content (AvgIpc) is 2.39. The summed E-state index contributed by atoms with van der Waals surface area (Å²) < 4.78 is 26.2. The number of hydrogen-bond acceptors (Lipinski definition) is 2. The number of rotatable bonds is 3. The smallest absolute Gasteiger partial charge is 0.149 e. The fraction of sp³-hybridized carbons (Fsp3) is 0.0714. The number of nitrogens with zero attached hydrogens (tertiary/aromatic N) is 1. The molecule has 0 aliphatic heterocycles. The number of nitrogens with one attached hydrogen (secondary N) is 1. The van der Waals surface area contributed by atoms with Gasteiger partial charge in [0.2, 0.25) is 0 Å². The lowest BCUT2D eigenvalue weighted by molar-refractivity contribution is 0.584. The molecule has 0 unspecified atom stereocenters. The van der Waals surface area contributed by atoms with E-state index in [2.05, 4.69) is 5.32 Å². The van der Waals surface area contributed by atoms with Crippen LogP contribution in [0.4, 0.5) is 14.5 Å². The summed E-state index contributed by atoms with van der Waals surface area (Å²) in [7, 11) is 0. The van der Waals surface area contributed by atoms with Crippen molar-refractivity contribution in [2.45, 2.75) is 6.04 Å². The van der Waals surface area contributed by atoms with Crippen LogP contribution < -0.4 is 5.32 Å². The largest absolute Gasteiger partial charge is 0.364 e. The second kappa shape index (κ2) is 5.28. The van der Waals surface area contributed by atoms with Crippen molar-refractivity contribution >= 4 is 5.69 Å². The highest BCUT2D eigenvalue weighted by molar-refractivity contribution is 5.48. The Bertz CT molecular complexity index is 576. The molecule has 0 heterocycles. The lowest BCUT2D eigenvalue weighted by Gasteiger charge is -2.13. The third-order valence-electron chi connectivity index (χ3n) is 2.49. The predicted octanol–water partition coefficient (Wildman–Crippen LogP) is 3.64. The first-order chi connectivity index (χ1) is 8.70. The maximum Gasteiger partial charge on any atom is 0.149 e. The fourth-order valence-corrected chi connectivity index (χ4v) is 1.60. The van der Waals surface area contributed by atoms with Gasteiger partial charge in [0.05, 0.1) is 11.8 Å². The molecule has 0 bridgehead atoms. The summed E-state index contributed by atoms with van der Waals surface area (Å²) in [4.78, 5) is 0. The zero-order valence-electron chi connectivity index (χ0n) is 9.40. The summed E-state index contributed by atoms with van der Waals surface area (Å²) in [5, 5.41) is 11.8. The van der Waals surface area contributed by atoms with Crippen molar-refractivity contribution in [1.29, 1.82) is 5.26 Å². The average molecular weight is 244 g/mol. The van der Waals surface area contributed by atoms with Crippen LogP contribution in [0.3, 0.4) is 0 Å². The van der Waals surface area contributed by atoms with Crippen molar-refractivity contribution in [2.24, 2.45) is 0 Å². The van der Waals surface area contributed by atoms with E-state index in [-0.39, 0.29) is 5.69 Å². The van der Waals surface area contributed by atoms with Crippen molar-refractivity contribution in [2.75, 3.05) is 5.32 Å². The van der Waals surface area contributed by atoms with E-state index in [1.54, 1.807) is 24.3 Å². The van der Waals surface area contributed by atoms with Crippen molar-refractivity contribution in [3.63, 3.8) is 0 Å². The van der Waals surface area contributed by atoms with Crippen molar-refractivity contribution in [1.82, 2.24) is 0 Å². The molecule has 2 nitrogen and oxygen atoms in total. The summed E-state index contributed by atoms with van der Waals surface area (Å²) in [5.41, 5.74) is 0.829. The number of benzene rings is 2. The molecule has 0 radical (unpaired) electrons. The molecule has 2 rings (SSSR count). The zero-order chi connectivity index (χ0) is 13.0. The summed E-state index contributed by atoms with van der Waals surface area (Å²) in [6.45, 7) is 0. The molecule has 2 aromatic rings. The Labute approximate surface area is 103 Å². The Hall–Kier alpha value is -2.41. The van der Waals surface area contributed by atoms with Gasteiger partial charge in [-0.05, 0) is 17.7 Å². The van der Waals surface area contributed by atoms with Crippen LogP contribution in [0.1, 0.15) is 11.6 Å². The minimum atomic E-state index is -0.716. The Morgan fingerprint density at radius 3 is 2.39 bits per heavy atom. The second-order valence-corrected chi connectivity index (χ2v) is 3.74. The lowest BCUT2D eigenvalue weighted by Crippen LogP contribution is -2.09. The van der Waals surface area contributed by atoms with Gasteiger partial charge in [-0.15, -0.1) is 0 Å². The Kier molecular flexibility index (Phi) is 3.54. The summed E-state index contributed by atoms with van der Waals surface area (Å²) in [6.07, 6.45) is 0. The highest BCUT2D eigenvalue weighted by Crippen LogP contribution is 2.21. The van der Waals surface area contributed by atoms with E-state index in [0.29, 0.717) is 0 Å². The van der Waals surface area contributed by atoms with E-state index < -0.39 is 17.7 Å². The van der Waals surface area contributed by atoms with Gasteiger partial charge in [0.1, 0.15) is 17.7 Å². The fourth-order valence-electron chi connectivity index (χ4n) is 1.60. The summed E-state index contributed by atoms with van der Waals surface area (Å²) in [5.74, 6) is -1.36. The highest BCUT2D eigenvalue weighted by atomic mass is 19.1. The van der Waals surface area contributed by atoms with Gasteiger partial charge in [-0.3, -0.25) is 0 Å². The highest BCUT2D eigenvalue weighted by Gasteiger charge is 2.12. The first kappa shape index (κ1) is 12.1. The second-order valence-electron chi connectivity index (χ2n) is 3.74. The first-order valence-electron chi connectivity index (χ1n) is 5.37. The monoisotopic (exact) mass is 244 g/mol. The molecule has 0 aliphatic carbocycles. The van der Waals surface area contributed by atoms with Crippen LogP contribution >= 0.6 is 0 Å². The van der Waals surface area contributed by atoms with Gasteiger partial charge in [0.25, 0.3) is 0 Å². The molecular formula is C14H10F2N2. The minimum Gasteiger partial charge on any atom is -0.364 e. The van der Waals surface area contributed by atoms with Gasteiger partial charge < -0.3 is 5.32 Å². The van der Waals surface area contributed by atoms with E-state index >= 15 is 0 Å².